The van der Waals surface area contributed by atoms with Gasteiger partial charge in [-0.1, -0.05) is 18.2 Å². The zero-order valence-electron chi connectivity index (χ0n) is 18.4. The fourth-order valence-electron chi connectivity index (χ4n) is 4.01. The maximum Gasteiger partial charge on any atom is 0.439 e. The molecule has 2 aromatic heterocycles. The van der Waals surface area contributed by atoms with Crippen LogP contribution in [0.1, 0.15) is 15.9 Å². The van der Waals surface area contributed by atoms with E-state index < -0.39 is 5.97 Å². The number of pyridine rings is 1. The van der Waals surface area contributed by atoms with Gasteiger partial charge in [0.1, 0.15) is 6.54 Å². The van der Waals surface area contributed by atoms with Gasteiger partial charge in [-0.05, 0) is 24.6 Å². The molecule has 8 nitrogen and oxygen atoms in total. The molecule has 0 spiro atoms. The van der Waals surface area contributed by atoms with Crippen molar-refractivity contribution < 1.29 is 24.4 Å². The van der Waals surface area contributed by atoms with E-state index in [0.717, 1.165) is 32.6 Å². The van der Waals surface area contributed by atoms with E-state index in [1.54, 1.807) is 7.05 Å². The van der Waals surface area contributed by atoms with E-state index in [0.29, 0.717) is 37.4 Å². The number of hydrogen-bond acceptors (Lipinski definition) is 4. The molecule has 0 atom stereocenters. The van der Waals surface area contributed by atoms with E-state index in [1.165, 1.54) is 7.11 Å². The van der Waals surface area contributed by atoms with Crippen molar-refractivity contribution in [3.63, 3.8) is 0 Å². The number of hydrogen-bond donors (Lipinski definition) is 3. The van der Waals surface area contributed by atoms with Crippen LogP contribution in [0.2, 0.25) is 0 Å². The highest BCUT2D eigenvalue weighted by Gasteiger charge is 2.22. The first-order chi connectivity index (χ1) is 15.5. The lowest BCUT2D eigenvalue weighted by Crippen LogP contribution is -2.71. The Balaban J connectivity index is 1.68. The minimum atomic E-state index is -0.391. The van der Waals surface area contributed by atoms with Crippen molar-refractivity contribution in [3.05, 3.63) is 53.9 Å². The molecule has 0 fully saturated rings. The molecule has 4 aromatic rings. The Kier molecular flexibility index (Phi) is 6.23. The molecular weight excluding hydrogens is 408 g/mol. The number of amidine groups is 1. The minimum absolute atomic E-state index is 0.0234. The van der Waals surface area contributed by atoms with Crippen LogP contribution in [0.4, 0.5) is 0 Å². The number of aliphatic hydroxyl groups excluding tert-OH is 1. The van der Waals surface area contributed by atoms with Gasteiger partial charge in [0, 0.05) is 40.5 Å². The summed E-state index contributed by atoms with van der Waals surface area (Å²) in [6.07, 6.45) is 3.98. The molecular formula is C24H27N4O4+. The van der Waals surface area contributed by atoms with Crippen LogP contribution in [0, 0.1) is 6.92 Å². The predicted octanol–water partition coefficient (Wildman–Crippen LogP) is 1.67. The third-order valence-corrected chi connectivity index (χ3v) is 5.60. The Hall–Kier alpha value is -3.65. The average Bonchev–Trinajstić information content (AvgIpc) is 3.20. The quantitative estimate of drug-likeness (QED) is 0.177. The second kappa shape index (κ2) is 9.23. The number of para-hydroxylation sites is 1. The molecule has 0 saturated heterocycles. The summed E-state index contributed by atoms with van der Waals surface area (Å²) in [6.45, 7) is 4.22. The van der Waals surface area contributed by atoms with Gasteiger partial charge in [0.25, 0.3) is 0 Å². The number of carbonyl (C=O) groups is 1. The van der Waals surface area contributed by atoms with Crippen molar-refractivity contribution in [1.82, 2.24) is 14.9 Å². The summed E-state index contributed by atoms with van der Waals surface area (Å²) < 4.78 is 12.8. The van der Waals surface area contributed by atoms with Gasteiger partial charge in [-0.25, -0.2) is 20.1 Å². The fourth-order valence-corrected chi connectivity index (χ4v) is 4.01. The van der Waals surface area contributed by atoms with Crippen molar-refractivity contribution in [2.45, 2.75) is 13.5 Å². The first-order valence-electron chi connectivity index (χ1n) is 10.5. The number of carbonyl (C=O) groups excluding carboxylic acids is 1. The van der Waals surface area contributed by atoms with Gasteiger partial charge in [-0.2, -0.15) is 0 Å². The number of benzene rings is 2. The normalized spacial score (nSPS) is 12.0. The van der Waals surface area contributed by atoms with Crippen LogP contribution in [0.15, 0.2) is 42.7 Å². The number of rotatable bonds is 7. The lowest BCUT2D eigenvalue weighted by Gasteiger charge is -2.14. The molecule has 0 aliphatic heterocycles. The second-order valence-corrected chi connectivity index (χ2v) is 7.49. The first kappa shape index (κ1) is 21.6. The molecule has 0 saturated carbocycles. The molecule has 8 heteroatoms. The Morgan fingerprint density at radius 2 is 2.00 bits per heavy atom. The van der Waals surface area contributed by atoms with E-state index in [4.69, 9.17) is 14.5 Å². The SMILES string of the molecule is C[NH+]=C(O)NCCOCCn1ccc2c(C(=O)OC)c3nc4ccccc4c3c(C)c2c1. The number of nitrogens with zero attached hydrogens (tertiary/aromatic N) is 2. The molecule has 0 aliphatic carbocycles. The van der Waals surface area contributed by atoms with Gasteiger partial charge < -0.3 is 19.1 Å². The smallest absolute Gasteiger partial charge is 0.439 e. The number of fused-ring (bicyclic) bond motifs is 4. The molecule has 0 aliphatic rings. The predicted molar refractivity (Wildman–Crippen MR) is 124 cm³/mol. The van der Waals surface area contributed by atoms with Crippen molar-refractivity contribution in [3.8, 4) is 0 Å². The summed E-state index contributed by atoms with van der Waals surface area (Å²) >= 11 is 0. The Morgan fingerprint density at radius 3 is 2.78 bits per heavy atom. The number of aliphatic hydroxyl groups is 1. The highest BCUT2D eigenvalue weighted by Crippen LogP contribution is 2.37. The Morgan fingerprint density at radius 1 is 1.19 bits per heavy atom. The number of aromatic nitrogens is 2. The van der Waals surface area contributed by atoms with E-state index in [9.17, 15) is 9.90 Å². The summed E-state index contributed by atoms with van der Waals surface area (Å²) in [5.41, 5.74) is 3.11. The molecule has 3 N–H and O–H groups in total. The van der Waals surface area contributed by atoms with Crippen LogP contribution in [-0.4, -0.2) is 60.6 Å². The Labute approximate surface area is 185 Å². The Bertz CT molecular complexity index is 1330. The highest BCUT2D eigenvalue weighted by atomic mass is 16.5. The summed E-state index contributed by atoms with van der Waals surface area (Å²) in [4.78, 5) is 20.1. The van der Waals surface area contributed by atoms with Crippen LogP contribution < -0.4 is 10.3 Å². The maximum absolute atomic E-state index is 12.7. The first-order valence-corrected chi connectivity index (χ1v) is 10.5. The monoisotopic (exact) mass is 435 g/mol. The number of ether oxygens (including phenoxy) is 2. The molecule has 0 radical (unpaired) electrons. The van der Waals surface area contributed by atoms with Crippen LogP contribution in [0.25, 0.3) is 32.6 Å². The standard InChI is InChI=1S/C24H26N4O4/c1-15-18-14-28(11-13-32-12-9-26-24(30)25-2)10-8-16(18)21(23(29)31-3)22-20(15)17-6-4-5-7-19(17)27-22/h4-8,10,14H,9,11-13H2,1-3H3,(H2,25,26,30)/p+1. The third kappa shape index (κ3) is 3.97. The van der Waals surface area contributed by atoms with E-state index >= 15 is 0 Å². The number of aryl methyl sites for hydroxylation is 1. The topological polar surface area (TPSA) is 99.6 Å². The number of esters is 1. The lowest BCUT2D eigenvalue weighted by atomic mass is 9.96. The number of nitrogens with one attached hydrogen (secondary N) is 2. The van der Waals surface area contributed by atoms with E-state index in [-0.39, 0.29) is 6.02 Å². The molecule has 166 valence electrons. The maximum atomic E-state index is 12.7. The molecule has 4 rings (SSSR count). The van der Waals surface area contributed by atoms with Gasteiger partial charge in [-0.3, -0.25) is 0 Å². The summed E-state index contributed by atoms with van der Waals surface area (Å²) in [7, 11) is 3.03. The van der Waals surface area contributed by atoms with Crippen LogP contribution in [0.3, 0.4) is 0 Å². The molecule has 2 heterocycles. The van der Waals surface area contributed by atoms with E-state index in [2.05, 4.69) is 17.2 Å². The van der Waals surface area contributed by atoms with Gasteiger partial charge in [0.05, 0.1) is 44.0 Å². The van der Waals surface area contributed by atoms with Gasteiger partial charge in [-0.15, -0.1) is 0 Å². The molecule has 2 aromatic carbocycles. The van der Waals surface area contributed by atoms with Crippen LogP contribution >= 0.6 is 0 Å². The third-order valence-electron chi connectivity index (χ3n) is 5.60. The molecule has 32 heavy (non-hydrogen) atoms. The van der Waals surface area contributed by atoms with Crippen LogP contribution in [-0.2, 0) is 16.0 Å². The van der Waals surface area contributed by atoms with Crippen molar-refractivity contribution in [1.29, 1.82) is 0 Å². The van der Waals surface area contributed by atoms with Crippen LogP contribution in [0.5, 0.6) is 0 Å². The molecule has 0 unspecified atom stereocenters. The fraction of sp³-hybridized carbons (Fsp3) is 0.292. The van der Waals surface area contributed by atoms with E-state index in [1.807, 2.05) is 47.3 Å². The summed E-state index contributed by atoms with van der Waals surface area (Å²) in [5, 5.41) is 15.9. The van der Waals surface area contributed by atoms with Gasteiger partial charge in [0.2, 0.25) is 0 Å². The van der Waals surface area contributed by atoms with Gasteiger partial charge >= 0.3 is 12.0 Å². The largest absolute Gasteiger partial charge is 0.465 e. The summed E-state index contributed by atoms with van der Waals surface area (Å²) in [5.74, 6) is -0.391. The van der Waals surface area contributed by atoms with Crippen molar-refractivity contribution in [2.75, 3.05) is 33.9 Å². The average molecular weight is 436 g/mol. The second-order valence-electron chi connectivity index (χ2n) is 7.49. The lowest BCUT2D eigenvalue weighted by molar-refractivity contribution is -0.433. The zero-order chi connectivity index (χ0) is 22.7. The number of methoxy groups -OCH3 is 1. The van der Waals surface area contributed by atoms with Crippen molar-refractivity contribution in [2.24, 2.45) is 0 Å². The minimum Gasteiger partial charge on any atom is -0.465 e. The molecule has 0 bridgehead atoms. The van der Waals surface area contributed by atoms with Gasteiger partial charge in [0.15, 0.2) is 0 Å². The molecule has 0 amide bonds. The highest BCUT2D eigenvalue weighted by molar-refractivity contribution is 6.23. The van der Waals surface area contributed by atoms with Crippen molar-refractivity contribution >= 4 is 44.6 Å². The zero-order valence-corrected chi connectivity index (χ0v) is 18.4. The summed E-state index contributed by atoms with van der Waals surface area (Å²) in [6, 6.07) is 9.89.